The van der Waals surface area contributed by atoms with Gasteiger partial charge in [0.2, 0.25) is 5.91 Å². The van der Waals surface area contributed by atoms with Crippen LogP contribution in [-0.4, -0.2) is 35.4 Å². The van der Waals surface area contributed by atoms with Gasteiger partial charge in [-0.3, -0.25) is 14.7 Å². The summed E-state index contributed by atoms with van der Waals surface area (Å²) in [6.45, 7) is 5.79. The number of nitrogens with one attached hydrogen (secondary N) is 1. The first kappa shape index (κ1) is 12.6. The lowest BCUT2D eigenvalue weighted by atomic mass is 9.77. The minimum Gasteiger partial charge on any atom is -0.356 e. The Labute approximate surface area is 114 Å². The van der Waals surface area contributed by atoms with Gasteiger partial charge in [-0.15, -0.1) is 0 Å². The molecule has 2 aliphatic heterocycles. The number of likely N-dealkylation sites (tertiary alicyclic amines) is 1. The minimum absolute atomic E-state index is 0.0590. The van der Waals surface area contributed by atoms with Gasteiger partial charge >= 0.3 is 0 Å². The molecule has 102 valence electrons. The van der Waals surface area contributed by atoms with E-state index in [1.807, 2.05) is 13.0 Å². The molecule has 1 amide bonds. The lowest BCUT2D eigenvalue weighted by Crippen LogP contribution is -2.43. The summed E-state index contributed by atoms with van der Waals surface area (Å²) in [5, 5.41) is 2.98. The van der Waals surface area contributed by atoms with Crippen LogP contribution in [0, 0.1) is 12.3 Å². The molecule has 0 aliphatic carbocycles. The molecule has 0 radical (unpaired) electrons. The molecule has 1 aromatic rings. The SMILES string of the molecule is Cc1cccc(CN2CCC3(CCNC3=O)CC2)n1. The molecule has 2 fully saturated rings. The number of amides is 1. The number of piperidine rings is 1. The first-order valence-electron chi connectivity index (χ1n) is 7.11. The van der Waals surface area contributed by atoms with E-state index in [-0.39, 0.29) is 11.3 Å². The third kappa shape index (κ3) is 2.50. The molecule has 3 rings (SSSR count). The number of aryl methyl sites for hydroxylation is 1. The second-order valence-electron chi connectivity index (χ2n) is 5.83. The monoisotopic (exact) mass is 259 g/mol. The summed E-state index contributed by atoms with van der Waals surface area (Å²) < 4.78 is 0. The summed E-state index contributed by atoms with van der Waals surface area (Å²) in [5.41, 5.74) is 2.14. The van der Waals surface area contributed by atoms with Crippen LogP contribution in [0.4, 0.5) is 0 Å². The van der Waals surface area contributed by atoms with E-state index in [9.17, 15) is 4.79 Å². The van der Waals surface area contributed by atoms with Gasteiger partial charge in [0.15, 0.2) is 0 Å². The highest BCUT2D eigenvalue weighted by Gasteiger charge is 2.44. The van der Waals surface area contributed by atoms with Crippen molar-refractivity contribution in [2.24, 2.45) is 5.41 Å². The van der Waals surface area contributed by atoms with Gasteiger partial charge in [0.1, 0.15) is 0 Å². The van der Waals surface area contributed by atoms with E-state index in [0.717, 1.165) is 56.8 Å². The van der Waals surface area contributed by atoms with E-state index in [2.05, 4.69) is 27.3 Å². The van der Waals surface area contributed by atoms with E-state index in [0.29, 0.717) is 0 Å². The highest BCUT2D eigenvalue weighted by Crippen LogP contribution is 2.38. The van der Waals surface area contributed by atoms with Crippen molar-refractivity contribution in [3.8, 4) is 0 Å². The van der Waals surface area contributed by atoms with Crippen LogP contribution < -0.4 is 5.32 Å². The molecule has 0 atom stereocenters. The van der Waals surface area contributed by atoms with Gasteiger partial charge in [-0.2, -0.15) is 0 Å². The maximum atomic E-state index is 11.9. The molecule has 4 nitrogen and oxygen atoms in total. The quantitative estimate of drug-likeness (QED) is 0.875. The van der Waals surface area contributed by atoms with Crippen LogP contribution in [0.2, 0.25) is 0 Å². The van der Waals surface area contributed by atoms with Gasteiger partial charge in [-0.1, -0.05) is 6.07 Å². The molecule has 1 N–H and O–H groups in total. The number of carbonyl (C=O) groups excluding carboxylic acids is 1. The zero-order valence-electron chi connectivity index (χ0n) is 11.5. The van der Waals surface area contributed by atoms with Crippen molar-refractivity contribution < 1.29 is 4.79 Å². The van der Waals surface area contributed by atoms with Gasteiger partial charge in [0, 0.05) is 18.8 Å². The van der Waals surface area contributed by atoms with Crippen molar-refractivity contribution in [2.75, 3.05) is 19.6 Å². The van der Waals surface area contributed by atoms with Crippen molar-refractivity contribution in [1.82, 2.24) is 15.2 Å². The number of rotatable bonds is 2. The number of hydrogen-bond donors (Lipinski definition) is 1. The predicted molar refractivity (Wildman–Crippen MR) is 73.5 cm³/mol. The van der Waals surface area contributed by atoms with Crippen LogP contribution in [0.25, 0.3) is 0 Å². The number of nitrogens with zero attached hydrogens (tertiary/aromatic N) is 2. The summed E-state index contributed by atoms with van der Waals surface area (Å²) in [5.74, 6) is 0.279. The van der Waals surface area contributed by atoms with Crippen LogP contribution in [0.15, 0.2) is 18.2 Å². The fourth-order valence-electron chi connectivity index (χ4n) is 3.25. The Morgan fingerprint density at radius 3 is 2.74 bits per heavy atom. The summed E-state index contributed by atoms with van der Waals surface area (Å²) in [6, 6.07) is 6.17. The lowest BCUT2D eigenvalue weighted by molar-refractivity contribution is -0.130. The zero-order valence-corrected chi connectivity index (χ0v) is 11.5. The molecule has 1 spiro atoms. The fraction of sp³-hybridized carbons (Fsp3) is 0.600. The highest BCUT2D eigenvalue weighted by molar-refractivity contribution is 5.84. The molecule has 0 saturated carbocycles. The number of aromatic nitrogens is 1. The number of hydrogen-bond acceptors (Lipinski definition) is 3. The van der Waals surface area contributed by atoms with Gasteiger partial charge < -0.3 is 5.32 Å². The normalized spacial score (nSPS) is 22.7. The number of pyridine rings is 1. The predicted octanol–water partition coefficient (Wildman–Crippen LogP) is 1.49. The Hall–Kier alpha value is -1.42. The zero-order chi connectivity index (χ0) is 13.3. The second kappa shape index (κ2) is 4.93. The molecule has 0 bridgehead atoms. The van der Waals surface area contributed by atoms with Gasteiger partial charge in [-0.05, 0) is 51.4 Å². The Kier molecular flexibility index (Phi) is 3.27. The molecule has 2 aliphatic rings. The average Bonchev–Trinajstić information content (AvgIpc) is 2.74. The summed E-state index contributed by atoms with van der Waals surface area (Å²) >= 11 is 0. The van der Waals surface area contributed by atoms with Gasteiger partial charge in [-0.25, -0.2) is 0 Å². The molecule has 0 aromatic carbocycles. The van der Waals surface area contributed by atoms with Crippen LogP contribution in [0.1, 0.15) is 30.7 Å². The maximum absolute atomic E-state index is 11.9. The third-order valence-electron chi connectivity index (χ3n) is 4.52. The van der Waals surface area contributed by atoms with Gasteiger partial charge in [0.25, 0.3) is 0 Å². The maximum Gasteiger partial charge on any atom is 0.226 e. The molecule has 3 heterocycles. The molecule has 2 saturated heterocycles. The molecular formula is C15H21N3O. The Morgan fingerprint density at radius 1 is 1.32 bits per heavy atom. The van der Waals surface area contributed by atoms with Crippen LogP contribution in [0.5, 0.6) is 0 Å². The molecule has 4 heteroatoms. The standard InChI is InChI=1S/C15H21N3O/c1-12-3-2-4-13(17-12)11-18-9-6-15(7-10-18)5-8-16-14(15)19/h2-4H,5-11H2,1H3,(H,16,19). The molecule has 0 unspecified atom stereocenters. The van der Waals surface area contributed by atoms with E-state index in [1.54, 1.807) is 0 Å². The first-order valence-corrected chi connectivity index (χ1v) is 7.11. The van der Waals surface area contributed by atoms with Crippen LogP contribution in [-0.2, 0) is 11.3 Å². The van der Waals surface area contributed by atoms with Gasteiger partial charge in [0.05, 0.1) is 11.1 Å². The largest absolute Gasteiger partial charge is 0.356 e. The molecule has 19 heavy (non-hydrogen) atoms. The van der Waals surface area contributed by atoms with E-state index < -0.39 is 0 Å². The second-order valence-corrected chi connectivity index (χ2v) is 5.83. The summed E-state index contributed by atoms with van der Waals surface area (Å²) in [7, 11) is 0. The van der Waals surface area contributed by atoms with Crippen molar-refractivity contribution in [2.45, 2.75) is 32.7 Å². The summed E-state index contributed by atoms with van der Waals surface area (Å²) in [4.78, 5) is 18.9. The first-order chi connectivity index (χ1) is 9.18. The van der Waals surface area contributed by atoms with Crippen molar-refractivity contribution in [3.05, 3.63) is 29.6 Å². The van der Waals surface area contributed by atoms with Crippen LogP contribution >= 0.6 is 0 Å². The van der Waals surface area contributed by atoms with E-state index in [1.165, 1.54) is 0 Å². The Bertz CT molecular complexity index is 478. The van der Waals surface area contributed by atoms with E-state index in [4.69, 9.17) is 0 Å². The molecule has 1 aromatic heterocycles. The number of carbonyl (C=O) groups is 1. The smallest absolute Gasteiger partial charge is 0.226 e. The summed E-state index contributed by atoms with van der Waals surface area (Å²) in [6.07, 6.45) is 3.00. The third-order valence-corrected chi connectivity index (χ3v) is 4.52. The van der Waals surface area contributed by atoms with E-state index >= 15 is 0 Å². The average molecular weight is 259 g/mol. The Morgan fingerprint density at radius 2 is 2.11 bits per heavy atom. The minimum atomic E-state index is -0.0590. The Balaban J connectivity index is 1.60. The molecular weight excluding hydrogens is 238 g/mol. The highest BCUT2D eigenvalue weighted by atomic mass is 16.2. The van der Waals surface area contributed by atoms with Crippen molar-refractivity contribution in [1.29, 1.82) is 0 Å². The van der Waals surface area contributed by atoms with Crippen LogP contribution in [0.3, 0.4) is 0 Å². The topological polar surface area (TPSA) is 45.2 Å². The van der Waals surface area contributed by atoms with Crippen molar-refractivity contribution in [3.63, 3.8) is 0 Å². The van der Waals surface area contributed by atoms with Crippen molar-refractivity contribution >= 4 is 5.91 Å². The fourth-order valence-corrected chi connectivity index (χ4v) is 3.25. The lowest BCUT2D eigenvalue weighted by Gasteiger charge is -2.37.